The van der Waals surface area contributed by atoms with Gasteiger partial charge in [-0.1, -0.05) is 12.1 Å². The smallest absolute Gasteiger partial charge is 0.183 e. The Balaban J connectivity index is 1.93. The van der Waals surface area contributed by atoms with Gasteiger partial charge in [0.1, 0.15) is 11.5 Å². The highest BCUT2D eigenvalue weighted by Gasteiger charge is 2.31. The van der Waals surface area contributed by atoms with Gasteiger partial charge < -0.3 is 10.5 Å². The first kappa shape index (κ1) is 14.0. The van der Waals surface area contributed by atoms with Crippen molar-refractivity contribution in [1.82, 2.24) is 9.97 Å². The molecule has 0 bridgehead atoms. The second kappa shape index (κ2) is 5.42. The lowest BCUT2D eigenvalue weighted by Crippen LogP contribution is -2.21. The Hall–Kier alpha value is -1.99. The number of ether oxygens (including phenoxy) is 1. The number of sulfone groups is 1. The number of nitrogens with two attached hydrogens (primary N) is 1. The molecule has 1 saturated heterocycles. The Labute approximate surface area is 122 Å². The third-order valence-electron chi connectivity index (χ3n) is 3.51. The molecular weight excluding hydrogens is 290 g/mol. The van der Waals surface area contributed by atoms with Gasteiger partial charge in [-0.2, -0.15) is 0 Å². The standard InChI is InChI=1S/C14H15N3O3S/c15-14-13(16-6-7-17-14)10-1-3-11(4-2-10)21(18,19)12-5-8-20-9-12/h1-4,6-7,12H,5,8-9H2,(H2,15,17). The summed E-state index contributed by atoms with van der Waals surface area (Å²) in [6.07, 6.45) is 3.60. The van der Waals surface area contributed by atoms with Gasteiger partial charge in [0.05, 0.1) is 16.8 Å². The molecule has 0 aliphatic carbocycles. The fourth-order valence-electron chi connectivity index (χ4n) is 2.32. The van der Waals surface area contributed by atoms with Crippen molar-refractivity contribution < 1.29 is 13.2 Å². The molecule has 110 valence electrons. The van der Waals surface area contributed by atoms with Crippen LogP contribution in [-0.2, 0) is 14.6 Å². The number of hydrogen-bond acceptors (Lipinski definition) is 6. The molecule has 1 aliphatic rings. The Bertz CT molecular complexity index is 738. The van der Waals surface area contributed by atoms with Crippen LogP contribution in [0.1, 0.15) is 6.42 Å². The maximum Gasteiger partial charge on any atom is 0.183 e. The number of rotatable bonds is 3. The fraction of sp³-hybridized carbons (Fsp3) is 0.286. The summed E-state index contributed by atoms with van der Waals surface area (Å²) in [5, 5.41) is -0.454. The molecule has 1 fully saturated rings. The van der Waals surface area contributed by atoms with E-state index in [4.69, 9.17) is 10.5 Å². The van der Waals surface area contributed by atoms with Crippen LogP contribution in [0, 0.1) is 0 Å². The summed E-state index contributed by atoms with van der Waals surface area (Å²) >= 11 is 0. The van der Waals surface area contributed by atoms with Gasteiger partial charge >= 0.3 is 0 Å². The fourth-order valence-corrected chi connectivity index (χ4v) is 3.91. The molecule has 1 atom stereocenters. The predicted molar refractivity (Wildman–Crippen MR) is 78.3 cm³/mol. The number of hydrogen-bond donors (Lipinski definition) is 1. The van der Waals surface area contributed by atoms with Crippen molar-refractivity contribution in [2.24, 2.45) is 0 Å². The number of nitrogens with zero attached hydrogens (tertiary/aromatic N) is 2. The Morgan fingerprint density at radius 2 is 1.86 bits per heavy atom. The first-order valence-corrected chi connectivity index (χ1v) is 8.12. The predicted octanol–water partition coefficient (Wildman–Crippen LogP) is 1.29. The summed E-state index contributed by atoms with van der Waals surface area (Å²) in [4.78, 5) is 8.43. The second-order valence-corrected chi connectivity index (χ2v) is 7.07. The average Bonchev–Trinajstić information content (AvgIpc) is 3.03. The highest BCUT2D eigenvalue weighted by Crippen LogP contribution is 2.26. The number of anilines is 1. The van der Waals surface area contributed by atoms with E-state index in [0.29, 0.717) is 29.4 Å². The maximum absolute atomic E-state index is 12.4. The van der Waals surface area contributed by atoms with Crippen LogP contribution in [0.15, 0.2) is 41.6 Å². The van der Waals surface area contributed by atoms with E-state index in [1.807, 2.05) is 0 Å². The lowest BCUT2D eigenvalue weighted by Gasteiger charge is -2.10. The molecule has 3 rings (SSSR count). The van der Waals surface area contributed by atoms with Gasteiger partial charge in [-0.05, 0) is 18.6 Å². The highest BCUT2D eigenvalue weighted by atomic mass is 32.2. The van der Waals surface area contributed by atoms with Crippen molar-refractivity contribution in [1.29, 1.82) is 0 Å². The van der Waals surface area contributed by atoms with Gasteiger partial charge in [0.2, 0.25) is 0 Å². The molecule has 2 N–H and O–H groups in total. The quantitative estimate of drug-likeness (QED) is 0.918. The van der Waals surface area contributed by atoms with Gasteiger partial charge in [-0.3, -0.25) is 4.98 Å². The van der Waals surface area contributed by atoms with Crippen molar-refractivity contribution in [2.75, 3.05) is 18.9 Å². The third-order valence-corrected chi connectivity index (χ3v) is 5.69. The Morgan fingerprint density at radius 1 is 1.14 bits per heavy atom. The van der Waals surface area contributed by atoms with Crippen LogP contribution in [0.2, 0.25) is 0 Å². The van der Waals surface area contributed by atoms with Gasteiger partial charge in [-0.15, -0.1) is 0 Å². The molecule has 0 saturated carbocycles. The normalized spacial score (nSPS) is 18.8. The van der Waals surface area contributed by atoms with Crippen LogP contribution in [0.3, 0.4) is 0 Å². The van der Waals surface area contributed by atoms with Crippen molar-refractivity contribution in [3.8, 4) is 11.3 Å². The molecule has 0 spiro atoms. The summed E-state index contributed by atoms with van der Waals surface area (Å²) < 4.78 is 30.0. The van der Waals surface area contributed by atoms with Crippen LogP contribution in [0.4, 0.5) is 5.82 Å². The zero-order chi connectivity index (χ0) is 14.9. The molecule has 6 nitrogen and oxygen atoms in total. The highest BCUT2D eigenvalue weighted by molar-refractivity contribution is 7.92. The van der Waals surface area contributed by atoms with Crippen molar-refractivity contribution in [3.05, 3.63) is 36.7 Å². The second-order valence-electron chi connectivity index (χ2n) is 4.85. The van der Waals surface area contributed by atoms with E-state index in [1.165, 1.54) is 6.20 Å². The lowest BCUT2D eigenvalue weighted by atomic mass is 10.1. The summed E-state index contributed by atoms with van der Waals surface area (Å²) in [5.74, 6) is 0.317. The minimum atomic E-state index is -3.34. The lowest BCUT2D eigenvalue weighted by molar-refractivity contribution is 0.198. The molecule has 1 aliphatic heterocycles. The molecule has 1 unspecified atom stereocenters. The SMILES string of the molecule is Nc1nccnc1-c1ccc(S(=O)(=O)C2CCOC2)cc1. The molecule has 7 heteroatoms. The summed E-state index contributed by atoms with van der Waals surface area (Å²) in [6, 6.07) is 6.56. The van der Waals surface area contributed by atoms with E-state index in [1.54, 1.807) is 30.5 Å². The van der Waals surface area contributed by atoms with E-state index in [2.05, 4.69) is 9.97 Å². The van der Waals surface area contributed by atoms with Gasteiger partial charge in [0, 0.05) is 24.6 Å². The summed E-state index contributed by atoms with van der Waals surface area (Å²) in [7, 11) is -3.34. The van der Waals surface area contributed by atoms with Crippen molar-refractivity contribution in [2.45, 2.75) is 16.6 Å². The van der Waals surface area contributed by atoms with Gasteiger partial charge in [-0.25, -0.2) is 13.4 Å². The molecule has 0 amide bonds. The molecule has 2 aromatic rings. The zero-order valence-corrected chi connectivity index (χ0v) is 12.1. The van der Waals surface area contributed by atoms with E-state index in [9.17, 15) is 8.42 Å². The van der Waals surface area contributed by atoms with E-state index < -0.39 is 15.1 Å². The van der Waals surface area contributed by atoms with E-state index in [-0.39, 0.29) is 6.61 Å². The Morgan fingerprint density at radius 3 is 2.48 bits per heavy atom. The minimum Gasteiger partial charge on any atom is -0.382 e. The average molecular weight is 305 g/mol. The van der Waals surface area contributed by atoms with Crippen LogP contribution < -0.4 is 5.73 Å². The van der Waals surface area contributed by atoms with Crippen LogP contribution in [0.5, 0.6) is 0 Å². The summed E-state index contributed by atoms with van der Waals surface area (Å²) in [6.45, 7) is 0.763. The van der Waals surface area contributed by atoms with Gasteiger partial charge in [0.25, 0.3) is 0 Å². The largest absolute Gasteiger partial charge is 0.382 e. The van der Waals surface area contributed by atoms with E-state index in [0.717, 1.165) is 5.56 Å². The van der Waals surface area contributed by atoms with Gasteiger partial charge in [0.15, 0.2) is 9.84 Å². The number of nitrogen functional groups attached to an aromatic ring is 1. The molecule has 1 aromatic heterocycles. The first-order valence-electron chi connectivity index (χ1n) is 6.57. The Kier molecular flexibility index (Phi) is 3.60. The molecule has 1 aromatic carbocycles. The van der Waals surface area contributed by atoms with Crippen molar-refractivity contribution in [3.63, 3.8) is 0 Å². The zero-order valence-electron chi connectivity index (χ0n) is 11.3. The van der Waals surface area contributed by atoms with Crippen LogP contribution >= 0.6 is 0 Å². The maximum atomic E-state index is 12.4. The molecule has 0 radical (unpaired) electrons. The van der Waals surface area contributed by atoms with E-state index >= 15 is 0 Å². The number of benzene rings is 1. The topological polar surface area (TPSA) is 95.2 Å². The third kappa shape index (κ3) is 2.62. The van der Waals surface area contributed by atoms with Crippen molar-refractivity contribution >= 4 is 15.7 Å². The monoisotopic (exact) mass is 305 g/mol. The van der Waals surface area contributed by atoms with Crippen LogP contribution in [0.25, 0.3) is 11.3 Å². The summed E-state index contributed by atoms with van der Waals surface area (Å²) in [5.41, 5.74) is 7.05. The van der Waals surface area contributed by atoms with Crippen LogP contribution in [-0.4, -0.2) is 36.8 Å². The number of aromatic nitrogens is 2. The molecular formula is C14H15N3O3S. The first-order chi connectivity index (χ1) is 10.1. The minimum absolute atomic E-state index is 0.265. The molecule has 21 heavy (non-hydrogen) atoms. The molecule has 2 heterocycles.